The van der Waals surface area contributed by atoms with Gasteiger partial charge in [0.05, 0.1) is 5.52 Å². The van der Waals surface area contributed by atoms with E-state index in [4.69, 9.17) is 9.97 Å². The van der Waals surface area contributed by atoms with Crippen LogP contribution in [0.1, 0.15) is 39.9 Å². The average Bonchev–Trinajstić information content (AvgIpc) is 2.55. The van der Waals surface area contributed by atoms with Gasteiger partial charge in [-0.1, -0.05) is 43.6 Å². The number of rotatable bonds is 7. The molecule has 1 aromatic heterocycles. The van der Waals surface area contributed by atoms with Crippen LogP contribution in [0.4, 0.5) is 5.82 Å². The Balaban J connectivity index is 0.00000139. The molecule has 0 amide bonds. The summed E-state index contributed by atoms with van der Waals surface area (Å²) in [6.07, 6.45) is 2.03. The number of benzene rings is 1. The van der Waals surface area contributed by atoms with E-state index in [0.29, 0.717) is 5.92 Å². The maximum Gasteiger partial charge on any atom is 0.137 e. The van der Waals surface area contributed by atoms with Crippen molar-refractivity contribution in [2.24, 2.45) is 5.92 Å². The molecule has 0 saturated heterocycles. The van der Waals surface area contributed by atoms with Gasteiger partial charge >= 0.3 is 0 Å². The summed E-state index contributed by atoms with van der Waals surface area (Å²) in [5.41, 5.74) is 1.00. The number of nitrogens with one attached hydrogen (secondary N) is 1. The third-order valence-electron chi connectivity index (χ3n) is 3.50. The molecule has 0 fully saturated rings. The van der Waals surface area contributed by atoms with Crippen LogP contribution in [0.25, 0.3) is 10.9 Å². The molecule has 24 heavy (non-hydrogen) atoms. The number of aryl methyl sites for hydroxylation is 1. The van der Waals surface area contributed by atoms with Gasteiger partial charge in [0.15, 0.2) is 0 Å². The zero-order chi connectivity index (χ0) is 18.1. The van der Waals surface area contributed by atoms with Gasteiger partial charge < -0.3 is 10.2 Å². The number of aromatic nitrogens is 2. The van der Waals surface area contributed by atoms with Crippen LogP contribution in [0.2, 0.25) is 0 Å². The Bertz CT molecular complexity index is 626. The molecule has 0 aliphatic heterocycles. The first kappa shape index (κ1) is 20.8. The van der Waals surface area contributed by atoms with E-state index in [9.17, 15) is 0 Å². The lowest BCUT2D eigenvalue weighted by Crippen LogP contribution is -2.21. The Morgan fingerprint density at radius 1 is 1.17 bits per heavy atom. The summed E-state index contributed by atoms with van der Waals surface area (Å²) in [4.78, 5) is 11.6. The quantitative estimate of drug-likeness (QED) is 0.718. The number of hydrogen-bond donors (Lipinski definition) is 1. The van der Waals surface area contributed by atoms with Crippen LogP contribution in [-0.4, -0.2) is 42.1 Å². The van der Waals surface area contributed by atoms with E-state index < -0.39 is 0 Å². The summed E-state index contributed by atoms with van der Waals surface area (Å²) < 4.78 is 1.05. The lowest BCUT2D eigenvalue weighted by atomic mass is 10.1. The van der Waals surface area contributed by atoms with E-state index in [0.717, 1.165) is 52.9 Å². The molecule has 0 spiro atoms. The van der Waals surface area contributed by atoms with Crippen molar-refractivity contribution in [2.75, 3.05) is 32.5 Å². The van der Waals surface area contributed by atoms with Gasteiger partial charge in [-0.3, -0.25) is 0 Å². The minimum atomic E-state index is 0.661. The van der Waals surface area contributed by atoms with E-state index in [-0.39, 0.29) is 0 Å². The maximum atomic E-state index is 4.75. The molecule has 1 heterocycles. The standard InChI is InChI=1S/C17H25BrN4.C2H6/c1-12(2)5-8-16-20-15-7-6-13(18)11-14(15)17(21-16)19-9-10-22(3)4;1-2/h6-7,11-12H,5,8-10H2,1-4H3,(H,19,20,21);1-2H3. The van der Waals surface area contributed by atoms with E-state index in [1.807, 2.05) is 19.9 Å². The lowest BCUT2D eigenvalue weighted by Gasteiger charge is -2.14. The molecule has 0 aliphatic carbocycles. The summed E-state index contributed by atoms with van der Waals surface area (Å²) in [7, 11) is 4.15. The van der Waals surface area contributed by atoms with Gasteiger partial charge in [-0.2, -0.15) is 0 Å². The highest BCUT2D eigenvalue weighted by atomic mass is 79.9. The fourth-order valence-corrected chi connectivity index (χ4v) is 2.57. The average molecular weight is 395 g/mol. The molecule has 5 heteroatoms. The van der Waals surface area contributed by atoms with Crippen LogP contribution in [0.5, 0.6) is 0 Å². The van der Waals surface area contributed by atoms with Gasteiger partial charge in [-0.25, -0.2) is 9.97 Å². The number of nitrogens with zero attached hydrogens (tertiary/aromatic N) is 3. The molecule has 134 valence electrons. The molecule has 0 radical (unpaired) electrons. The zero-order valence-electron chi connectivity index (χ0n) is 15.9. The molecule has 4 nitrogen and oxygen atoms in total. The van der Waals surface area contributed by atoms with E-state index >= 15 is 0 Å². The summed E-state index contributed by atoms with van der Waals surface area (Å²) in [5, 5.41) is 4.53. The molecule has 2 aromatic rings. The number of anilines is 1. The highest BCUT2D eigenvalue weighted by Gasteiger charge is 2.09. The zero-order valence-corrected chi connectivity index (χ0v) is 17.4. The molecule has 0 aliphatic rings. The molecular formula is C19H31BrN4. The second-order valence-electron chi connectivity index (χ2n) is 6.31. The Hall–Kier alpha value is -1.20. The summed E-state index contributed by atoms with van der Waals surface area (Å²) in [6.45, 7) is 10.3. The normalized spacial score (nSPS) is 10.9. The largest absolute Gasteiger partial charge is 0.368 e. The van der Waals surface area contributed by atoms with Gasteiger partial charge in [-0.05, 0) is 44.6 Å². The van der Waals surface area contributed by atoms with E-state index in [1.54, 1.807) is 0 Å². The van der Waals surface area contributed by atoms with Gasteiger partial charge in [0.25, 0.3) is 0 Å². The van der Waals surface area contributed by atoms with Gasteiger partial charge in [0, 0.05) is 29.4 Å². The van der Waals surface area contributed by atoms with Crippen LogP contribution in [0.15, 0.2) is 22.7 Å². The summed E-state index contributed by atoms with van der Waals surface area (Å²) in [5.74, 6) is 2.53. The van der Waals surface area contributed by atoms with E-state index in [2.05, 4.69) is 66.2 Å². The van der Waals surface area contributed by atoms with Crippen LogP contribution in [-0.2, 0) is 6.42 Å². The molecule has 0 saturated carbocycles. The highest BCUT2D eigenvalue weighted by Crippen LogP contribution is 2.24. The first-order valence-electron chi connectivity index (χ1n) is 8.80. The minimum Gasteiger partial charge on any atom is -0.368 e. The Kier molecular flexibility index (Phi) is 9.22. The Morgan fingerprint density at radius 2 is 1.88 bits per heavy atom. The third-order valence-corrected chi connectivity index (χ3v) is 3.99. The van der Waals surface area contributed by atoms with Crippen molar-refractivity contribution in [3.63, 3.8) is 0 Å². The maximum absolute atomic E-state index is 4.75. The van der Waals surface area contributed by atoms with Crippen molar-refractivity contribution in [1.82, 2.24) is 14.9 Å². The summed E-state index contributed by atoms with van der Waals surface area (Å²) >= 11 is 3.53. The van der Waals surface area contributed by atoms with Crippen LogP contribution >= 0.6 is 15.9 Å². The molecule has 2 rings (SSSR count). The second-order valence-corrected chi connectivity index (χ2v) is 7.23. The Morgan fingerprint density at radius 3 is 2.50 bits per heavy atom. The first-order chi connectivity index (χ1) is 11.5. The number of halogens is 1. The van der Waals surface area contributed by atoms with Crippen molar-refractivity contribution in [2.45, 2.75) is 40.5 Å². The van der Waals surface area contributed by atoms with Crippen LogP contribution < -0.4 is 5.32 Å². The van der Waals surface area contributed by atoms with Gasteiger partial charge in [-0.15, -0.1) is 0 Å². The molecule has 0 bridgehead atoms. The van der Waals surface area contributed by atoms with Crippen LogP contribution in [0.3, 0.4) is 0 Å². The first-order valence-corrected chi connectivity index (χ1v) is 9.60. The van der Waals surface area contributed by atoms with Crippen molar-refractivity contribution in [3.8, 4) is 0 Å². The SMILES string of the molecule is CC.CC(C)CCc1nc(NCCN(C)C)c2cc(Br)ccc2n1. The number of likely N-dealkylation sites (N-methyl/N-ethyl adjacent to an activating group) is 1. The predicted octanol–water partition coefficient (Wildman–Crippen LogP) is 4.98. The smallest absolute Gasteiger partial charge is 0.137 e. The highest BCUT2D eigenvalue weighted by molar-refractivity contribution is 9.10. The number of fused-ring (bicyclic) bond motifs is 1. The topological polar surface area (TPSA) is 41.1 Å². The Labute approximate surface area is 155 Å². The molecular weight excluding hydrogens is 364 g/mol. The predicted molar refractivity (Wildman–Crippen MR) is 109 cm³/mol. The van der Waals surface area contributed by atoms with Crippen molar-refractivity contribution in [1.29, 1.82) is 0 Å². The molecule has 1 N–H and O–H groups in total. The van der Waals surface area contributed by atoms with Crippen LogP contribution in [0, 0.1) is 5.92 Å². The van der Waals surface area contributed by atoms with Crippen molar-refractivity contribution < 1.29 is 0 Å². The fourth-order valence-electron chi connectivity index (χ4n) is 2.21. The number of hydrogen-bond acceptors (Lipinski definition) is 4. The minimum absolute atomic E-state index is 0.661. The lowest BCUT2D eigenvalue weighted by molar-refractivity contribution is 0.425. The summed E-state index contributed by atoms with van der Waals surface area (Å²) in [6, 6.07) is 6.17. The van der Waals surface area contributed by atoms with Gasteiger partial charge in [0.1, 0.15) is 11.6 Å². The second kappa shape index (κ2) is 10.6. The van der Waals surface area contributed by atoms with Crippen molar-refractivity contribution in [3.05, 3.63) is 28.5 Å². The van der Waals surface area contributed by atoms with E-state index in [1.165, 1.54) is 0 Å². The molecule has 1 aromatic carbocycles. The van der Waals surface area contributed by atoms with Gasteiger partial charge in [0.2, 0.25) is 0 Å². The van der Waals surface area contributed by atoms with Crippen molar-refractivity contribution >= 4 is 32.7 Å². The molecule has 0 unspecified atom stereocenters. The monoisotopic (exact) mass is 394 g/mol. The fraction of sp³-hybridized carbons (Fsp3) is 0.579. The molecule has 0 atom stereocenters. The third kappa shape index (κ3) is 6.73.